The van der Waals surface area contributed by atoms with Crippen molar-refractivity contribution < 1.29 is 14.7 Å². The average Bonchev–Trinajstić information content (AvgIpc) is 2.84. The van der Waals surface area contributed by atoms with E-state index in [2.05, 4.69) is 13.8 Å². The summed E-state index contributed by atoms with van der Waals surface area (Å²) >= 11 is 0. The van der Waals surface area contributed by atoms with Gasteiger partial charge in [-0.05, 0) is 37.0 Å². The molecule has 1 N–H and O–H groups in total. The van der Waals surface area contributed by atoms with Crippen molar-refractivity contribution in [1.29, 1.82) is 0 Å². The van der Waals surface area contributed by atoms with Gasteiger partial charge in [-0.2, -0.15) is 0 Å². The number of rotatable bonds is 3. The lowest BCUT2D eigenvalue weighted by Crippen LogP contribution is -2.47. The minimum absolute atomic E-state index is 0.151. The molecule has 0 bridgehead atoms. The van der Waals surface area contributed by atoms with E-state index in [-0.39, 0.29) is 12.5 Å². The van der Waals surface area contributed by atoms with Crippen LogP contribution in [0.4, 0.5) is 4.79 Å². The van der Waals surface area contributed by atoms with Crippen LogP contribution in [0.2, 0.25) is 0 Å². The smallest absolute Gasteiger partial charge is 0.320 e. The molecule has 2 aliphatic rings. The fraction of sp³-hybridized carbons (Fsp3) is 0.867. The first-order valence-corrected chi connectivity index (χ1v) is 7.63. The number of hydrogen-bond acceptors (Lipinski definition) is 2. The molecule has 0 saturated carbocycles. The van der Waals surface area contributed by atoms with Crippen LogP contribution < -0.4 is 0 Å². The summed E-state index contributed by atoms with van der Waals surface area (Å²) in [5.74, 6) is -0.385. The second kappa shape index (κ2) is 6.02. The zero-order valence-electron chi connectivity index (χ0n) is 12.6. The van der Waals surface area contributed by atoms with Crippen LogP contribution in [0, 0.1) is 11.3 Å². The van der Waals surface area contributed by atoms with Gasteiger partial charge in [0.25, 0.3) is 0 Å². The Kier molecular flexibility index (Phi) is 4.55. The van der Waals surface area contributed by atoms with Crippen molar-refractivity contribution in [2.45, 2.75) is 46.0 Å². The Hall–Kier alpha value is -1.26. The molecule has 1 unspecified atom stereocenters. The molecule has 114 valence electrons. The number of carbonyl (C=O) groups excluding carboxylic acids is 1. The van der Waals surface area contributed by atoms with Crippen molar-refractivity contribution in [3.05, 3.63) is 0 Å². The highest BCUT2D eigenvalue weighted by Gasteiger charge is 2.33. The van der Waals surface area contributed by atoms with Crippen molar-refractivity contribution in [2.75, 3.05) is 26.2 Å². The molecule has 2 aliphatic heterocycles. The maximum atomic E-state index is 12.4. The summed E-state index contributed by atoms with van der Waals surface area (Å²) in [7, 11) is 0. The van der Waals surface area contributed by atoms with E-state index in [1.165, 1.54) is 0 Å². The summed E-state index contributed by atoms with van der Waals surface area (Å²) in [5, 5.41) is 8.71. The van der Waals surface area contributed by atoms with E-state index < -0.39 is 5.97 Å². The third-order valence-electron chi connectivity index (χ3n) is 4.71. The van der Waals surface area contributed by atoms with Crippen LogP contribution in [0.25, 0.3) is 0 Å². The van der Waals surface area contributed by atoms with E-state index >= 15 is 0 Å². The third kappa shape index (κ3) is 3.87. The van der Waals surface area contributed by atoms with E-state index in [0.717, 1.165) is 45.4 Å². The molecule has 20 heavy (non-hydrogen) atoms. The van der Waals surface area contributed by atoms with Crippen molar-refractivity contribution in [3.63, 3.8) is 0 Å². The Morgan fingerprint density at radius 1 is 1.15 bits per heavy atom. The molecule has 0 aliphatic carbocycles. The molecular weight excluding hydrogens is 256 g/mol. The average molecular weight is 282 g/mol. The molecule has 0 aromatic rings. The molecule has 1 atom stereocenters. The van der Waals surface area contributed by atoms with Crippen molar-refractivity contribution >= 4 is 12.0 Å². The number of aliphatic carboxylic acids is 1. The molecule has 0 spiro atoms. The highest BCUT2D eigenvalue weighted by molar-refractivity contribution is 5.75. The predicted octanol–water partition coefficient (Wildman–Crippen LogP) is 2.42. The summed E-state index contributed by atoms with van der Waals surface area (Å²) in [4.78, 5) is 26.9. The zero-order chi connectivity index (χ0) is 14.8. The topological polar surface area (TPSA) is 60.9 Å². The van der Waals surface area contributed by atoms with Crippen LogP contribution in [0.1, 0.15) is 46.0 Å². The molecule has 2 heterocycles. The van der Waals surface area contributed by atoms with Gasteiger partial charge in [0.1, 0.15) is 0 Å². The van der Waals surface area contributed by atoms with Gasteiger partial charge < -0.3 is 14.9 Å². The zero-order valence-corrected chi connectivity index (χ0v) is 12.6. The largest absolute Gasteiger partial charge is 0.481 e. The maximum Gasteiger partial charge on any atom is 0.320 e. The molecule has 2 saturated heterocycles. The number of piperidine rings is 1. The van der Waals surface area contributed by atoms with Crippen molar-refractivity contribution in [2.24, 2.45) is 11.3 Å². The minimum Gasteiger partial charge on any atom is -0.481 e. The summed E-state index contributed by atoms with van der Waals surface area (Å²) in [5.41, 5.74) is 0.353. The first-order valence-electron chi connectivity index (χ1n) is 7.63. The molecule has 5 heteroatoms. The number of nitrogens with zero attached hydrogens (tertiary/aromatic N) is 2. The summed E-state index contributed by atoms with van der Waals surface area (Å²) in [6, 6.07) is 0.151. The van der Waals surface area contributed by atoms with Gasteiger partial charge in [0, 0.05) is 32.6 Å². The molecule has 2 amide bonds. The Morgan fingerprint density at radius 2 is 1.80 bits per heavy atom. The van der Waals surface area contributed by atoms with Gasteiger partial charge in [-0.15, -0.1) is 0 Å². The normalized spacial score (nSPS) is 25.8. The van der Waals surface area contributed by atoms with Crippen LogP contribution in [0.3, 0.4) is 0 Å². The van der Waals surface area contributed by atoms with Gasteiger partial charge >= 0.3 is 12.0 Å². The van der Waals surface area contributed by atoms with Crippen LogP contribution in [0.5, 0.6) is 0 Å². The van der Waals surface area contributed by atoms with Gasteiger partial charge in [0.2, 0.25) is 0 Å². The minimum atomic E-state index is -0.743. The second-order valence-corrected chi connectivity index (χ2v) is 6.97. The Balaban J connectivity index is 1.78. The number of hydrogen-bond donors (Lipinski definition) is 1. The lowest BCUT2D eigenvalue weighted by atomic mass is 9.83. The quantitative estimate of drug-likeness (QED) is 0.864. The molecule has 2 rings (SSSR count). The SMILES string of the molecule is CC1(C)CCN(C(=O)N2CCC(CCC(=O)O)C2)CC1. The number of likely N-dealkylation sites (tertiary alicyclic amines) is 2. The monoisotopic (exact) mass is 282 g/mol. The van der Waals surface area contributed by atoms with Crippen LogP contribution in [-0.2, 0) is 4.79 Å². The van der Waals surface area contributed by atoms with Crippen molar-refractivity contribution in [1.82, 2.24) is 9.80 Å². The lowest BCUT2D eigenvalue weighted by Gasteiger charge is -2.38. The fourth-order valence-electron chi connectivity index (χ4n) is 3.07. The maximum absolute atomic E-state index is 12.4. The molecule has 0 radical (unpaired) electrons. The van der Waals surface area contributed by atoms with E-state index in [1.807, 2.05) is 9.80 Å². The number of urea groups is 1. The molecular formula is C15H26N2O3. The van der Waals surface area contributed by atoms with Crippen LogP contribution in [-0.4, -0.2) is 53.1 Å². The second-order valence-electron chi connectivity index (χ2n) is 6.97. The summed E-state index contributed by atoms with van der Waals surface area (Å²) in [6.07, 6.45) is 3.97. The summed E-state index contributed by atoms with van der Waals surface area (Å²) < 4.78 is 0. The van der Waals surface area contributed by atoms with Gasteiger partial charge in [0.05, 0.1) is 0 Å². The molecule has 5 nitrogen and oxygen atoms in total. The predicted molar refractivity (Wildman–Crippen MR) is 76.5 cm³/mol. The van der Waals surface area contributed by atoms with Gasteiger partial charge in [-0.25, -0.2) is 4.79 Å². The van der Waals surface area contributed by atoms with Crippen LogP contribution >= 0.6 is 0 Å². The van der Waals surface area contributed by atoms with Gasteiger partial charge in [-0.3, -0.25) is 4.79 Å². The van der Waals surface area contributed by atoms with Gasteiger partial charge in [-0.1, -0.05) is 13.8 Å². The molecule has 0 aromatic carbocycles. The Morgan fingerprint density at radius 3 is 2.40 bits per heavy atom. The van der Waals surface area contributed by atoms with E-state index in [9.17, 15) is 9.59 Å². The summed E-state index contributed by atoms with van der Waals surface area (Å²) in [6.45, 7) is 7.72. The number of amides is 2. The fourth-order valence-corrected chi connectivity index (χ4v) is 3.07. The highest BCUT2D eigenvalue weighted by Crippen LogP contribution is 2.31. The first kappa shape index (κ1) is 15.1. The number of carbonyl (C=O) groups is 2. The first-order chi connectivity index (χ1) is 9.37. The van der Waals surface area contributed by atoms with Gasteiger partial charge in [0.15, 0.2) is 0 Å². The molecule has 0 aromatic heterocycles. The van der Waals surface area contributed by atoms with Crippen molar-refractivity contribution in [3.8, 4) is 0 Å². The third-order valence-corrected chi connectivity index (χ3v) is 4.71. The Labute approximate surface area is 120 Å². The van der Waals surface area contributed by atoms with E-state index in [4.69, 9.17) is 5.11 Å². The standard InChI is InChI=1S/C15H26N2O3/c1-15(2)6-9-16(10-7-15)14(20)17-8-5-12(11-17)3-4-13(18)19/h12H,3-11H2,1-2H3,(H,18,19). The Bertz CT molecular complexity index is 371. The van der Waals surface area contributed by atoms with E-state index in [0.29, 0.717) is 17.8 Å². The lowest BCUT2D eigenvalue weighted by molar-refractivity contribution is -0.137. The van der Waals surface area contributed by atoms with Crippen LogP contribution in [0.15, 0.2) is 0 Å². The highest BCUT2D eigenvalue weighted by atomic mass is 16.4. The van der Waals surface area contributed by atoms with E-state index in [1.54, 1.807) is 0 Å². The number of carboxylic acids is 1. The molecule has 2 fully saturated rings. The number of carboxylic acid groups (broad SMARTS) is 1.